The van der Waals surface area contributed by atoms with E-state index in [0.29, 0.717) is 5.56 Å². The molecule has 1 N–H and O–H groups in total. The molecule has 0 saturated heterocycles. The summed E-state index contributed by atoms with van der Waals surface area (Å²) in [5.41, 5.74) is -0.679. The predicted molar refractivity (Wildman–Crippen MR) is 140 cm³/mol. The largest absolute Gasteiger partial charge is 0.466 e. The molecule has 0 unspecified atom stereocenters. The summed E-state index contributed by atoms with van der Waals surface area (Å²) in [6, 6.07) is 15.2. The van der Waals surface area contributed by atoms with Crippen LogP contribution in [0.4, 0.5) is 26.3 Å². The SMILES string of the molecule is CCOC(=O)Cc1cc(-c2ccc(C(F)(F)F)cc2CCNCCC(=O)OCc2ccccc2)ccc1C(F)(F)F. The molecule has 0 aliphatic rings. The number of halogens is 6. The molecule has 0 radical (unpaired) electrons. The maximum Gasteiger partial charge on any atom is 0.416 e. The molecule has 0 spiro atoms. The van der Waals surface area contributed by atoms with Crippen LogP contribution in [0.25, 0.3) is 11.1 Å². The van der Waals surface area contributed by atoms with Gasteiger partial charge >= 0.3 is 24.3 Å². The van der Waals surface area contributed by atoms with E-state index in [9.17, 15) is 35.9 Å². The Morgan fingerprint density at radius 2 is 1.51 bits per heavy atom. The zero-order valence-electron chi connectivity index (χ0n) is 22.2. The van der Waals surface area contributed by atoms with Crippen LogP contribution in [0.3, 0.4) is 0 Å². The molecule has 5 nitrogen and oxygen atoms in total. The number of carbonyl (C=O) groups excluding carboxylic acids is 2. The summed E-state index contributed by atoms with van der Waals surface area (Å²) in [7, 11) is 0. The Morgan fingerprint density at radius 3 is 2.17 bits per heavy atom. The molecule has 0 aromatic heterocycles. The molecular weight excluding hydrogens is 552 g/mol. The topological polar surface area (TPSA) is 64.6 Å². The normalized spacial score (nSPS) is 11.8. The van der Waals surface area contributed by atoms with Crippen LogP contribution in [-0.2, 0) is 50.9 Å². The van der Waals surface area contributed by atoms with Gasteiger partial charge in [0.25, 0.3) is 0 Å². The Labute approximate surface area is 233 Å². The molecule has 0 atom stereocenters. The summed E-state index contributed by atoms with van der Waals surface area (Å²) in [5.74, 6) is -1.30. The Hall–Kier alpha value is -3.86. The highest BCUT2D eigenvalue weighted by Crippen LogP contribution is 2.37. The van der Waals surface area contributed by atoms with Crippen molar-refractivity contribution in [3.8, 4) is 11.1 Å². The lowest BCUT2D eigenvalue weighted by molar-refractivity contribution is -0.145. The minimum atomic E-state index is -4.74. The van der Waals surface area contributed by atoms with Gasteiger partial charge in [0, 0.05) is 6.54 Å². The van der Waals surface area contributed by atoms with Crippen molar-refractivity contribution < 1.29 is 45.4 Å². The van der Waals surface area contributed by atoms with Crippen molar-refractivity contribution in [1.82, 2.24) is 5.32 Å². The smallest absolute Gasteiger partial charge is 0.416 e. The molecule has 3 aromatic carbocycles. The number of esters is 2. The van der Waals surface area contributed by atoms with Crippen molar-refractivity contribution in [2.24, 2.45) is 0 Å². The fourth-order valence-electron chi connectivity index (χ4n) is 4.16. The summed E-state index contributed by atoms with van der Waals surface area (Å²) in [6.45, 7) is 2.04. The van der Waals surface area contributed by atoms with Crippen LogP contribution < -0.4 is 5.32 Å². The van der Waals surface area contributed by atoms with Gasteiger partial charge in [0.15, 0.2) is 0 Å². The Morgan fingerprint density at radius 1 is 0.780 bits per heavy atom. The van der Waals surface area contributed by atoms with Crippen LogP contribution >= 0.6 is 0 Å². The van der Waals surface area contributed by atoms with Crippen LogP contribution in [0.15, 0.2) is 66.7 Å². The Kier molecular flexibility index (Phi) is 10.9. The number of nitrogens with one attached hydrogen (secondary N) is 1. The lowest BCUT2D eigenvalue weighted by Crippen LogP contribution is -2.22. The van der Waals surface area contributed by atoms with Gasteiger partial charge in [-0.25, -0.2) is 0 Å². The van der Waals surface area contributed by atoms with Gasteiger partial charge in [0.05, 0.1) is 30.6 Å². The second-order valence-corrected chi connectivity index (χ2v) is 9.12. The van der Waals surface area contributed by atoms with Gasteiger partial charge in [-0.1, -0.05) is 42.5 Å². The number of hydrogen-bond acceptors (Lipinski definition) is 5. The number of alkyl halides is 6. The second-order valence-electron chi connectivity index (χ2n) is 9.12. The average molecular weight is 582 g/mol. The van der Waals surface area contributed by atoms with Gasteiger partial charge in [0.2, 0.25) is 0 Å². The third-order valence-electron chi connectivity index (χ3n) is 6.11. The lowest BCUT2D eigenvalue weighted by atomic mass is 9.92. The first kappa shape index (κ1) is 31.7. The highest BCUT2D eigenvalue weighted by molar-refractivity contribution is 5.76. The van der Waals surface area contributed by atoms with Gasteiger partial charge in [0.1, 0.15) is 6.61 Å². The molecular formula is C30H29F6NO4. The monoisotopic (exact) mass is 581 g/mol. The van der Waals surface area contributed by atoms with Crippen LogP contribution in [-0.4, -0.2) is 31.6 Å². The molecule has 0 fully saturated rings. The highest BCUT2D eigenvalue weighted by Gasteiger charge is 2.34. The average Bonchev–Trinajstić information content (AvgIpc) is 2.91. The van der Waals surface area contributed by atoms with Gasteiger partial charge in [-0.15, -0.1) is 0 Å². The minimum absolute atomic E-state index is 0.0132. The van der Waals surface area contributed by atoms with E-state index >= 15 is 0 Å². The summed E-state index contributed by atoms with van der Waals surface area (Å²) in [6.07, 6.45) is -9.88. The van der Waals surface area contributed by atoms with Gasteiger partial charge in [-0.2, -0.15) is 26.3 Å². The molecule has 0 aliphatic heterocycles. The number of carbonyl (C=O) groups is 2. The third-order valence-corrected chi connectivity index (χ3v) is 6.11. The molecule has 0 amide bonds. The molecule has 11 heteroatoms. The van der Waals surface area contributed by atoms with E-state index in [2.05, 4.69) is 5.32 Å². The van der Waals surface area contributed by atoms with Crippen molar-refractivity contribution in [2.75, 3.05) is 19.7 Å². The summed E-state index contributed by atoms with van der Waals surface area (Å²) < 4.78 is 91.1. The van der Waals surface area contributed by atoms with Crippen LogP contribution in [0.1, 0.15) is 41.2 Å². The van der Waals surface area contributed by atoms with Gasteiger partial charge < -0.3 is 14.8 Å². The maximum absolute atomic E-state index is 13.6. The van der Waals surface area contributed by atoms with Gasteiger partial charge in [-0.3, -0.25) is 9.59 Å². The minimum Gasteiger partial charge on any atom is -0.466 e. The van der Waals surface area contributed by atoms with Crippen LogP contribution in [0, 0.1) is 0 Å². The first-order valence-electron chi connectivity index (χ1n) is 12.8. The summed E-state index contributed by atoms with van der Waals surface area (Å²) >= 11 is 0. The molecule has 0 heterocycles. The second kappa shape index (κ2) is 14.2. The zero-order chi connectivity index (χ0) is 30.0. The number of ether oxygens (including phenoxy) is 2. The summed E-state index contributed by atoms with van der Waals surface area (Å²) in [5, 5.41) is 2.99. The van der Waals surface area contributed by atoms with Crippen molar-refractivity contribution >= 4 is 11.9 Å². The van der Waals surface area contributed by atoms with E-state index in [4.69, 9.17) is 9.47 Å². The first-order valence-corrected chi connectivity index (χ1v) is 12.8. The molecule has 3 rings (SSSR count). The van der Waals surface area contributed by atoms with Gasteiger partial charge in [-0.05, 0) is 72.0 Å². The molecule has 3 aromatic rings. The van der Waals surface area contributed by atoms with Crippen molar-refractivity contribution in [2.45, 2.75) is 45.1 Å². The summed E-state index contributed by atoms with van der Waals surface area (Å²) in [4.78, 5) is 24.0. The molecule has 41 heavy (non-hydrogen) atoms. The number of hydrogen-bond donors (Lipinski definition) is 1. The van der Waals surface area contributed by atoms with E-state index in [1.165, 1.54) is 19.1 Å². The van der Waals surface area contributed by atoms with Crippen LogP contribution in [0.5, 0.6) is 0 Å². The van der Waals surface area contributed by atoms with E-state index in [0.717, 1.165) is 29.8 Å². The Balaban J connectivity index is 1.74. The standard InChI is InChI=1S/C30H29F6NO4/c1-2-40-28(39)18-23-16-21(8-11-26(23)30(34,35)36)25-10-9-24(29(31,32)33)17-22(25)12-14-37-15-13-27(38)41-19-20-6-4-3-5-7-20/h3-11,16-17,37H,2,12-15,18-19H2,1H3. The van der Waals surface area contributed by atoms with E-state index < -0.39 is 41.8 Å². The quantitative estimate of drug-likeness (QED) is 0.145. The molecule has 0 saturated carbocycles. The van der Waals surface area contributed by atoms with E-state index in [1.54, 1.807) is 0 Å². The fraction of sp³-hybridized carbons (Fsp3) is 0.333. The lowest BCUT2D eigenvalue weighted by Gasteiger charge is -2.17. The van der Waals surface area contributed by atoms with E-state index in [1.807, 2.05) is 30.3 Å². The molecule has 0 bridgehead atoms. The first-order chi connectivity index (χ1) is 19.4. The predicted octanol–water partition coefficient (Wildman–Crippen LogP) is 6.76. The number of benzene rings is 3. The van der Waals surface area contributed by atoms with Crippen molar-refractivity contribution in [3.05, 3.63) is 94.5 Å². The maximum atomic E-state index is 13.6. The van der Waals surface area contributed by atoms with Crippen molar-refractivity contribution in [1.29, 1.82) is 0 Å². The third kappa shape index (κ3) is 9.63. The Bertz CT molecular complexity index is 1320. The highest BCUT2D eigenvalue weighted by atomic mass is 19.4. The number of rotatable bonds is 12. The fourth-order valence-corrected chi connectivity index (χ4v) is 4.16. The zero-order valence-corrected chi connectivity index (χ0v) is 22.2. The molecule has 0 aliphatic carbocycles. The van der Waals surface area contributed by atoms with Crippen LogP contribution in [0.2, 0.25) is 0 Å². The van der Waals surface area contributed by atoms with Crippen molar-refractivity contribution in [3.63, 3.8) is 0 Å². The molecule has 220 valence electrons. The van der Waals surface area contributed by atoms with E-state index in [-0.39, 0.29) is 55.8 Å².